The van der Waals surface area contributed by atoms with Gasteiger partial charge >= 0.3 is 0 Å². The average molecular weight is 246 g/mol. The van der Waals surface area contributed by atoms with E-state index < -0.39 is 18.3 Å². The molecule has 3 heteroatoms. The molecule has 0 aliphatic rings. The molecule has 0 aliphatic heterocycles. The predicted octanol–water partition coefficient (Wildman–Crippen LogP) is 2.62. The maximum atomic E-state index is 9.65. The predicted molar refractivity (Wildman–Crippen MR) is 70.9 cm³/mol. The molecule has 0 aliphatic carbocycles. The summed E-state index contributed by atoms with van der Waals surface area (Å²) in [5.41, 5.74) is 0. The molecule has 3 nitrogen and oxygen atoms in total. The molecule has 3 N–H and O–H groups in total. The molecule has 0 bridgehead atoms. The Kier molecular flexibility index (Phi) is 10.9. The van der Waals surface area contributed by atoms with Crippen molar-refractivity contribution in [2.45, 2.75) is 89.9 Å². The summed E-state index contributed by atoms with van der Waals surface area (Å²) < 4.78 is 0. The largest absolute Gasteiger partial charge is 0.393 e. The van der Waals surface area contributed by atoms with Crippen molar-refractivity contribution in [3.8, 4) is 0 Å². The van der Waals surface area contributed by atoms with Crippen LogP contribution in [0.3, 0.4) is 0 Å². The Morgan fingerprint density at radius 3 is 1.82 bits per heavy atom. The molecule has 0 aromatic heterocycles. The Morgan fingerprint density at radius 2 is 1.29 bits per heavy atom. The molecule has 0 heterocycles. The summed E-state index contributed by atoms with van der Waals surface area (Å²) in [4.78, 5) is 0. The van der Waals surface area contributed by atoms with Gasteiger partial charge in [-0.15, -0.1) is 0 Å². The molecule has 0 rings (SSSR count). The van der Waals surface area contributed by atoms with E-state index in [4.69, 9.17) is 5.11 Å². The first-order valence-electron chi connectivity index (χ1n) is 7.12. The van der Waals surface area contributed by atoms with E-state index in [0.29, 0.717) is 6.42 Å². The number of unbranched alkanes of at least 4 members (excludes halogenated alkanes) is 6. The molecule has 17 heavy (non-hydrogen) atoms. The smallest absolute Gasteiger partial charge is 0.0823 e. The average Bonchev–Trinajstić information content (AvgIpc) is 2.26. The first kappa shape index (κ1) is 16.9. The summed E-state index contributed by atoms with van der Waals surface area (Å²) >= 11 is 0. The Morgan fingerprint density at radius 1 is 0.765 bits per heavy atom. The monoisotopic (exact) mass is 246 g/mol. The molecule has 0 aromatic carbocycles. The van der Waals surface area contributed by atoms with Gasteiger partial charge in [-0.3, -0.25) is 0 Å². The second-order valence-electron chi connectivity index (χ2n) is 5.13. The van der Waals surface area contributed by atoms with Gasteiger partial charge in [0.25, 0.3) is 0 Å². The number of hydrogen-bond donors (Lipinski definition) is 3. The normalized spacial score (nSPS) is 16.8. The third kappa shape index (κ3) is 10.7. The SMILES string of the molecule is CCCCCCCCCC(O)C(O)CC(C)O. The van der Waals surface area contributed by atoms with E-state index in [1.54, 1.807) is 6.92 Å². The van der Waals surface area contributed by atoms with E-state index in [1.165, 1.54) is 32.1 Å². The van der Waals surface area contributed by atoms with Crippen molar-refractivity contribution in [3.63, 3.8) is 0 Å². The molecule has 0 saturated carbocycles. The summed E-state index contributed by atoms with van der Waals surface area (Å²) in [7, 11) is 0. The Labute approximate surface area is 106 Å². The zero-order chi connectivity index (χ0) is 13.1. The quantitative estimate of drug-likeness (QED) is 0.491. The minimum Gasteiger partial charge on any atom is -0.393 e. The van der Waals surface area contributed by atoms with Crippen LogP contribution in [0.2, 0.25) is 0 Å². The Balaban J connectivity index is 3.35. The van der Waals surface area contributed by atoms with Gasteiger partial charge < -0.3 is 15.3 Å². The minimum absolute atomic E-state index is 0.262. The highest BCUT2D eigenvalue weighted by Crippen LogP contribution is 2.13. The van der Waals surface area contributed by atoms with Crippen LogP contribution in [0.25, 0.3) is 0 Å². The van der Waals surface area contributed by atoms with Crippen molar-refractivity contribution in [3.05, 3.63) is 0 Å². The fraction of sp³-hybridized carbons (Fsp3) is 1.00. The van der Waals surface area contributed by atoms with E-state index >= 15 is 0 Å². The first-order valence-corrected chi connectivity index (χ1v) is 7.12. The van der Waals surface area contributed by atoms with Crippen LogP contribution in [0, 0.1) is 0 Å². The highest BCUT2D eigenvalue weighted by atomic mass is 16.3. The zero-order valence-corrected chi connectivity index (χ0v) is 11.4. The minimum atomic E-state index is -0.782. The topological polar surface area (TPSA) is 60.7 Å². The molecule has 3 unspecified atom stereocenters. The van der Waals surface area contributed by atoms with Gasteiger partial charge in [0.15, 0.2) is 0 Å². The second-order valence-corrected chi connectivity index (χ2v) is 5.13. The van der Waals surface area contributed by atoms with Crippen molar-refractivity contribution in [2.75, 3.05) is 0 Å². The number of aliphatic hydroxyl groups excluding tert-OH is 3. The lowest BCUT2D eigenvalue weighted by atomic mass is 10.0. The van der Waals surface area contributed by atoms with E-state index in [9.17, 15) is 10.2 Å². The number of aliphatic hydroxyl groups is 3. The van der Waals surface area contributed by atoms with Crippen LogP contribution >= 0.6 is 0 Å². The highest BCUT2D eigenvalue weighted by molar-refractivity contribution is 4.69. The van der Waals surface area contributed by atoms with E-state index in [2.05, 4.69) is 6.92 Å². The second kappa shape index (κ2) is 11.0. The summed E-state index contributed by atoms with van der Waals surface area (Å²) in [6.07, 6.45) is 7.37. The zero-order valence-electron chi connectivity index (χ0n) is 11.4. The van der Waals surface area contributed by atoms with Gasteiger partial charge in [0.2, 0.25) is 0 Å². The van der Waals surface area contributed by atoms with Crippen molar-refractivity contribution in [1.82, 2.24) is 0 Å². The van der Waals surface area contributed by atoms with Gasteiger partial charge in [0.1, 0.15) is 0 Å². The fourth-order valence-corrected chi connectivity index (χ4v) is 2.01. The Bertz CT molecular complexity index is 160. The number of hydrogen-bond acceptors (Lipinski definition) is 3. The molecule has 0 fully saturated rings. The molecule has 104 valence electrons. The molecular weight excluding hydrogens is 216 g/mol. The molecule has 0 radical (unpaired) electrons. The third-order valence-corrected chi connectivity index (χ3v) is 3.13. The third-order valence-electron chi connectivity index (χ3n) is 3.13. The summed E-state index contributed by atoms with van der Waals surface area (Å²) in [6, 6.07) is 0. The molecular formula is C14H30O3. The molecule has 0 spiro atoms. The molecule has 0 aromatic rings. The van der Waals surface area contributed by atoms with Crippen molar-refractivity contribution < 1.29 is 15.3 Å². The fourth-order valence-electron chi connectivity index (χ4n) is 2.01. The van der Waals surface area contributed by atoms with Crippen LogP contribution < -0.4 is 0 Å². The Hall–Kier alpha value is -0.120. The van der Waals surface area contributed by atoms with Gasteiger partial charge in [-0.05, 0) is 13.3 Å². The van der Waals surface area contributed by atoms with Gasteiger partial charge in [-0.2, -0.15) is 0 Å². The van der Waals surface area contributed by atoms with E-state index in [1.807, 2.05) is 0 Å². The lowest BCUT2D eigenvalue weighted by Gasteiger charge is -2.18. The summed E-state index contributed by atoms with van der Waals surface area (Å²) in [6.45, 7) is 3.84. The summed E-state index contributed by atoms with van der Waals surface area (Å²) in [5, 5.41) is 28.3. The van der Waals surface area contributed by atoms with Crippen LogP contribution in [0.4, 0.5) is 0 Å². The maximum absolute atomic E-state index is 9.65. The van der Waals surface area contributed by atoms with Gasteiger partial charge in [-0.1, -0.05) is 51.9 Å². The van der Waals surface area contributed by atoms with Crippen LogP contribution in [0.1, 0.15) is 71.6 Å². The molecule has 3 atom stereocenters. The van der Waals surface area contributed by atoms with Gasteiger partial charge in [0, 0.05) is 6.42 Å². The van der Waals surface area contributed by atoms with Crippen molar-refractivity contribution in [1.29, 1.82) is 0 Å². The van der Waals surface area contributed by atoms with Crippen LogP contribution in [-0.4, -0.2) is 33.6 Å². The van der Waals surface area contributed by atoms with Crippen LogP contribution in [0.15, 0.2) is 0 Å². The first-order chi connectivity index (χ1) is 8.07. The molecule has 0 saturated heterocycles. The van der Waals surface area contributed by atoms with Crippen molar-refractivity contribution >= 4 is 0 Å². The maximum Gasteiger partial charge on any atom is 0.0823 e. The van der Waals surface area contributed by atoms with E-state index in [0.717, 1.165) is 12.8 Å². The van der Waals surface area contributed by atoms with Gasteiger partial charge in [0.05, 0.1) is 18.3 Å². The van der Waals surface area contributed by atoms with Crippen LogP contribution in [-0.2, 0) is 0 Å². The molecule has 0 amide bonds. The lowest BCUT2D eigenvalue weighted by molar-refractivity contribution is -0.0133. The number of rotatable bonds is 11. The van der Waals surface area contributed by atoms with Crippen LogP contribution in [0.5, 0.6) is 0 Å². The highest BCUT2D eigenvalue weighted by Gasteiger charge is 2.17. The van der Waals surface area contributed by atoms with Gasteiger partial charge in [-0.25, -0.2) is 0 Å². The van der Waals surface area contributed by atoms with Crippen molar-refractivity contribution in [2.24, 2.45) is 0 Å². The standard InChI is InChI=1S/C14H30O3/c1-3-4-5-6-7-8-9-10-13(16)14(17)11-12(2)15/h12-17H,3-11H2,1-2H3. The summed E-state index contributed by atoms with van der Waals surface area (Å²) in [5.74, 6) is 0. The lowest BCUT2D eigenvalue weighted by Crippen LogP contribution is -2.29. The van der Waals surface area contributed by atoms with E-state index in [-0.39, 0.29) is 6.42 Å².